The van der Waals surface area contributed by atoms with Crippen molar-refractivity contribution in [2.75, 3.05) is 10.6 Å². The van der Waals surface area contributed by atoms with E-state index < -0.39 is 0 Å². The summed E-state index contributed by atoms with van der Waals surface area (Å²) in [6.07, 6.45) is 1.47. The Morgan fingerprint density at radius 3 is 2.69 bits per heavy atom. The van der Waals surface area contributed by atoms with Gasteiger partial charge in [-0.15, -0.1) is 10.2 Å². The number of allylic oxidation sites excluding steroid dienone is 1. The summed E-state index contributed by atoms with van der Waals surface area (Å²) in [4.78, 5) is 12.4. The molecule has 8 nitrogen and oxygen atoms in total. The second-order valence-corrected chi connectivity index (χ2v) is 5.42. The first kappa shape index (κ1) is 16.9. The number of rotatable bonds is 5. The number of hydrogen-bond acceptors (Lipinski definition) is 6. The quantitative estimate of drug-likeness (QED) is 0.612. The van der Waals surface area contributed by atoms with Crippen molar-refractivity contribution in [1.29, 1.82) is 5.26 Å². The maximum atomic E-state index is 12.4. The van der Waals surface area contributed by atoms with Crippen LogP contribution in [-0.4, -0.2) is 26.5 Å². The van der Waals surface area contributed by atoms with Crippen LogP contribution in [0, 0.1) is 18.3 Å². The molecule has 0 spiro atoms. The number of aryl methyl sites for hydroxylation is 1. The largest absolute Gasteiger partial charge is 0.359 e. The fourth-order valence-corrected chi connectivity index (χ4v) is 2.24. The van der Waals surface area contributed by atoms with Gasteiger partial charge in [0.15, 0.2) is 0 Å². The van der Waals surface area contributed by atoms with Crippen molar-refractivity contribution < 1.29 is 4.79 Å². The van der Waals surface area contributed by atoms with E-state index in [0.717, 1.165) is 5.56 Å². The fourth-order valence-electron chi connectivity index (χ4n) is 2.24. The van der Waals surface area contributed by atoms with Gasteiger partial charge >= 0.3 is 0 Å². The van der Waals surface area contributed by atoms with Gasteiger partial charge in [-0.3, -0.25) is 4.79 Å². The molecule has 0 saturated carbocycles. The molecule has 3 aromatic rings. The van der Waals surface area contributed by atoms with E-state index in [2.05, 4.69) is 31.3 Å². The monoisotopic (exact) mass is 345 g/mol. The summed E-state index contributed by atoms with van der Waals surface area (Å²) in [5.74, 6) is -0.0392. The predicted molar refractivity (Wildman–Crippen MR) is 97.0 cm³/mol. The van der Waals surface area contributed by atoms with Crippen molar-refractivity contribution in [2.45, 2.75) is 6.92 Å². The number of nitrogens with one attached hydrogen (secondary N) is 3. The summed E-state index contributed by atoms with van der Waals surface area (Å²) in [6, 6.07) is 16.5. The zero-order chi connectivity index (χ0) is 18.4. The van der Waals surface area contributed by atoms with Crippen LogP contribution in [0.2, 0.25) is 0 Å². The van der Waals surface area contributed by atoms with Crippen molar-refractivity contribution in [3.63, 3.8) is 0 Å². The van der Waals surface area contributed by atoms with Crippen LogP contribution in [0.25, 0.3) is 5.57 Å². The molecule has 0 saturated heterocycles. The van der Waals surface area contributed by atoms with Crippen molar-refractivity contribution in [3.8, 4) is 6.07 Å². The lowest BCUT2D eigenvalue weighted by atomic mass is 10.1. The van der Waals surface area contributed by atoms with E-state index in [4.69, 9.17) is 0 Å². The van der Waals surface area contributed by atoms with E-state index in [9.17, 15) is 10.1 Å². The summed E-state index contributed by atoms with van der Waals surface area (Å²) in [6.45, 7) is 1.93. The number of nitriles is 1. The van der Waals surface area contributed by atoms with Gasteiger partial charge in [-0.1, -0.05) is 24.3 Å². The summed E-state index contributed by atoms with van der Waals surface area (Å²) in [7, 11) is 0. The SMILES string of the molecule is Cc1ccc(NC(=O)c2ccccc2)c(NC=C(C#N)c2nn[nH]n2)c1. The Morgan fingerprint density at radius 1 is 1.19 bits per heavy atom. The first-order valence-electron chi connectivity index (χ1n) is 7.75. The Labute approximate surface area is 149 Å². The van der Waals surface area contributed by atoms with Crippen LogP contribution >= 0.6 is 0 Å². The Kier molecular flexibility index (Phi) is 5.00. The number of aromatic nitrogens is 4. The van der Waals surface area contributed by atoms with Gasteiger partial charge in [0.05, 0.1) is 11.4 Å². The van der Waals surface area contributed by atoms with Crippen LogP contribution < -0.4 is 10.6 Å². The highest BCUT2D eigenvalue weighted by Crippen LogP contribution is 2.24. The number of hydrogen-bond donors (Lipinski definition) is 3. The van der Waals surface area contributed by atoms with Gasteiger partial charge < -0.3 is 10.6 Å². The number of H-pyrrole nitrogens is 1. The average Bonchev–Trinajstić information content (AvgIpc) is 3.19. The van der Waals surface area contributed by atoms with Gasteiger partial charge in [-0.05, 0) is 42.0 Å². The van der Waals surface area contributed by atoms with Crippen LogP contribution in [0.15, 0.2) is 54.7 Å². The molecule has 128 valence electrons. The molecule has 0 aliphatic rings. The number of anilines is 2. The van der Waals surface area contributed by atoms with Gasteiger partial charge in [0.2, 0.25) is 5.82 Å². The van der Waals surface area contributed by atoms with E-state index in [1.807, 2.05) is 31.2 Å². The predicted octanol–water partition coefficient (Wildman–Crippen LogP) is 2.74. The Balaban J connectivity index is 1.84. The maximum Gasteiger partial charge on any atom is 0.255 e. The number of tetrazole rings is 1. The van der Waals surface area contributed by atoms with E-state index in [1.54, 1.807) is 30.3 Å². The van der Waals surface area contributed by atoms with E-state index in [0.29, 0.717) is 16.9 Å². The molecule has 8 heteroatoms. The molecule has 0 aliphatic carbocycles. The van der Waals surface area contributed by atoms with E-state index >= 15 is 0 Å². The zero-order valence-corrected chi connectivity index (χ0v) is 13.9. The molecule has 3 N–H and O–H groups in total. The number of nitrogens with zero attached hydrogens (tertiary/aromatic N) is 4. The molecule has 0 fully saturated rings. The number of aromatic amines is 1. The van der Waals surface area contributed by atoms with Crippen LogP contribution in [0.1, 0.15) is 21.7 Å². The Hall–Kier alpha value is -3.99. The van der Waals surface area contributed by atoms with E-state index in [1.165, 1.54) is 6.20 Å². The van der Waals surface area contributed by atoms with Crippen LogP contribution in [0.3, 0.4) is 0 Å². The summed E-state index contributed by atoms with van der Waals surface area (Å²) < 4.78 is 0. The Morgan fingerprint density at radius 2 is 2.00 bits per heavy atom. The first-order chi connectivity index (χ1) is 12.7. The molecule has 2 aromatic carbocycles. The molecule has 0 unspecified atom stereocenters. The van der Waals surface area contributed by atoms with Gasteiger partial charge in [-0.25, -0.2) is 0 Å². The lowest BCUT2D eigenvalue weighted by Crippen LogP contribution is -2.13. The zero-order valence-electron chi connectivity index (χ0n) is 13.9. The molecule has 3 rings (SSSR count). The highest BCUT2D eigenvalue weighted by Gasteiger charge is 2.10. The molecule has 26 heavy (non-hydrogen) atoms. The molecule has 0 aliphatic heterocycles. The third-order valence-corrected chi connectivity index (χ3v) is 3.54. The minimum absolute atomic E-state index is 0.183. The van der Waals surface area contributed by atoms with Gasteiger partial charge in [-0.2, -0.15) is 10.5 Å². The van der Waals surface area contributed by atoms with Crippen LogP contribution in [0.5, 0.6) is 0 Å². The number of benzene rings is 2. The lowest BCUT2D eigenvalue weighted by molar-refractivity contribution is 0.102. The summed E-state index contributed by atoms with van der Waals surface area (Å²) >= 11 is 0. The molecular formula is C18H15N7O. The van der Waals surface area contributed by atoms with E-state index in [-0.39, 0.29) is 17.3 Å². The van der Waals surface area contributed by atoms with Gasteiger partial charge in [0.1, 0.15) is 11.6 Å². The highest BCUT2D eigenvalue weighted by atomic mass is 16.1. The van der Waals surface area contributed by atoms with Crippen molar-refractivity contribution in [3.05, 3.63) is 71.7 Å². The van der Waals surface area contributed by atoms with Gasteiger partial charge in [0.25, 0.3) is 5.91 Å². The minimum atomic E-state index is -0.222. The third kappa shape index (κ3) is 3.91. The lowest BCUT2D eigenvalue weighted by Gasteiger charge is -2.12. The van der Waals surface area contributed by atoms with Crippen LogP contribution in [0.4, 0.5) is 11.4 Å². The summed E-state index contributed by atoms with van der Waals surface area (Å²) in [5.41, 5.74) is 2.99. The number of carbonyl (C=O) groups excluding carboxylic acids is 1. The minimum Gasteiger partial charge on any atom is -0.359 e. The molecule has 0 radical (unpaired) electrons. The second kappa shape index (κ2) is 7.72. The van der Waals surface area contributed by atoms with Crippen molar-refractivity contribution >= 4 is 22.9 Å². The first-order valence-corrected chi connectivity index (χ1v) is 7.75. The molecular weight excluding hydrogens is 330 g/mol. The molecule has 1 heterocycles. The Bertz CT molecular complexity index is 973. The highest BCUT2D eigenvalue weighted by molar-refractivity contribution is 6.06. The third-order valence-electron chi connectivity index (χ3n) is 3.54. The normalized spacial score (nSPS) is 10.8. The second-order valence-electron chi connectivity index (χ2n) is 5.42. The average molecular weight is 345 g/mol. The smallest absolute Gasteiger partial charge is 0.255 e. The van der Waals surface area contributed by atoms with Crippen molar-refractivity contribution in [1.82, 2.24) is 20.6 Å². The summed E-state index contributed by atoms with van der Waals surface area (Å²) in [5, 5.41) is 28.4. The molecule has 1 aromatic heterocycles. The standard InChI is InChI=1S/C18H15N7O/c1-12-7-8-15(21-18(26)13-5-3-2-4-6-13)16(9-12)20-11-14(10-19)17-22-24-25-23-17/h2-9,11,20H,1H3,(H,21,26)(H,22,23,24,25). The van der Waals surface area contributed by atoms with Gasteiger partial charge in [0, 0.05) is 11.8 Å². The number of carbonyl (C=O) groups is 1. The fraction of sp³-hybridized carbons (Fsp3) is 0.0556. The molecule has 1 amide bonds. The topological polar surface area (TPSA) is 119 Å². The van der Waals surface area contributed by atoms with Crippen molar-refractivity contribution in [2.24, 2.45) is 0 Å². The van der Waals surface area contributed by atoms with Crippen LogP contribution in [-0.2, 0) is 0 Å². The number of amides is 1. The molecule has 0 atom stereocenters. The maximum absolute atomic E-state index is 12.4. The molecule has 0 bridgehead atoms.